The van der Waals surface area contributed by atoms with Crippen molar-refractivity contribution in [1.29, 1.82) is 0 Å². The Hall–Kier alpha value is -1.71. The number of rotatable bonds is 11. The smallest absolute Gasteiger partial charge is 0.149 e. The average molecular weight is 383 g/mol. The van der Waals surface area contributed by atoms with Gasteiger partial charge in [0.25, 0.3) is 0 Å². The molecule has 1 aromatic carbocycles. The summed E-state index contributed by atoms with van der Waals surface area (Å²) in [7, 11) is 0. The Balaban J connectivity index is 1.58. The van der Waals surface area contributed by atoms with Crippen LogP contribution in [0.2, 0.25) is 0 Å². The van der Waals surface area contributed by atoms with Crippen LogP contribution < -0.4 is 0 Å². The minimum absolute atomic E-state index is 0.0721. The van der Waals surface area contributed by atoms with E-state index in [1.54, 1.807) is 0 Å². The van der Waals surface area contributed by atoms with Crippen molar-refractivity contribution >= 4 is 6.29 Å². The Kier molecular flexibility index (Phi) is 7.25. The van der Waals surface area contributed by atoms with Crippen LogP contribution in [0.4, 0.5) is 0 Å². The SMILES string of the molecule is CCC(C)(CC)c1cccc(COC2C=C(C=O)C=C(COCC3CC3)C2)c1. The molecule has 0 spiro atoms. The van der Waals surface area contributed by atoms with Gasteiger partial charge in [-0.1, -0.05) is 51.1 Å². The fourth-order valence-electron chi connectivity index (χ4n) is 3.69. The molecule has 1 aromatic rings. The molecule has 28 heavy (non-hydrogen) atoms. The number of hydrogen-bond donors (Lipinski definition) is 0. The van der Waals surface area contributed by atoms with Gasteiger partial charge in [0.05, 0.1) is 19.3 Å². The fourth-order valence-corrected chi connectivity index (χ4v) is 3.69. The van der Waals surface area contributed by atoms with Gasteiger partial charge in [0.15, 0.2) is 0 Å². The number of ether oxygens (including phenoxy) is 2. The Bertz CT molecular complexity index is 723. The number of hydrogen-bond acceptors (Lipinski definition) is 3. The number of benzene rings is 1. The van der Waals surface area contributed by atoms with Crippen LogP contribution in [0.15, 0.2) is 47.6 Å². The van der Waals surface area contributed by atoms with Crippen LogP contribution in [0.25, 0.3) is 0 Å². The van der Waals surface area contributed by atoms with Gasteiger partial charge in [-0.15, -0.1) is 0 Å². The molecule has 1 unspecified atom stereocenters. The lowest BCUT2D eigenvalue weighted by Crippen LogP contribution is -2.20. The summed E-state index contributed by atoms with van der Waals surface area (Å²) >= 11 is 0. The van der Waals surface area contributed by atoms with Gasteiger partial charge in [0.2, 0.25) is 0 Å². The number of carbonyl (C=O) groups excluding carboxylic acids is 1. The van der Waals surface area contributed by atoms with Crippen LogP contribution in [0.5, 0.6) is 0 Å². The van der Waals surface area contributed by atoms with Crippen LogP contribution in [0.3, 0.4) is 0 Å². The molecule has 1 saturated carbocycles. The van der Waals surface area contributed by atoms with Gasteiger partial charge in [-0.3, -0.25) is 4.79 Å². The molecule has 0 heterocycles. The quantitative estimate of drug-likeness (QED) is 0.472. The zero-order valence-corrected chi connectivity index (χ0v) is 17.6. The van der Waals surface area contributed by atoms with Crippen molar-refractivity contribution in [3.8, 4) is 0 Å². The van der Waals surface area contributed by atoms with Crippen molar-refractivity contribution in [2.45, 2.75) is 71.0 Å². The highest BCUT2D eigenvalue weighted by atomic mass is 16.5. The van der Waals surface area contributed by atoms with E-state index in [4.69, 9.17) is 9.47 Å². The van der Waals surface area contributed by atoms with Crippen LogP contribution in [0.1, 0.15) is 64.0 Å². The molecule has 0 aromatic heterocycles. The molecule has 2 aliphatic rings. The molecule has 0 aliphatic heterocycles. The van der Waals surface area contributed by atoms with Crippen LogP contribution in [-0.4, -0.2) is 25.6 Å². The highest BCUT2D eigenvalue weighted by Gasteiger charge is 2.23. The maximum absolute atomic E-state index is 11.3. The molecule has 0 saturated heterocycles. The van der Waals surface area contributed by atoms with Gasteiger partial charge in [-0.2, -0.15) is 0 Å². The van der Waals surface area contributed by atoms with E-state index in [2.05, 4.69) is 45.0 Å². The van der Waals surface area contributed by atoms with Gasteiger partial charge >= 0.3 is 0 Å². The Labute approximate surface area is 169 Å². The van der Waals surface area contributed by atoms with Crippen molar-refractivity contribution in [3.63, 3.8) is 0 Å². The summed E-state index contributed by atoms with van der Waals surface area (Å²) in [6.07, 6.45) is 10.3. The van der Waals surface area contributed by atoms with Crippen LogP contribution in [-0.2, 0) is 26.3 Å². The van der Waals surface area contributed by atoms with Crippen LogP contribution in [0, 0.1) is 5.92 Å². The Morgan fingerprint density at radius 1 is 1.18 bits per heavy atom. The molecule has 3 heteroatoms. The molecular weight excluding hydrogens is 348 g/mol. The molecule has 0 amide bonds. The van der Waals surface area contributed by atoms with E-state index in [-0.39, 0.29) is 11.5 Å². The van der Waals surface area contributed by atoms with Crippen molar-refractivity contribution in [2.75, 3.05) is 13.2 Å². The fraction of sp³-hybridized carbons (Fsp3) is 0.560. The minimum Gasteiger partial charge on any atom is -0.377 e. The van der Waals surface area contributed by atoms with Crippen LogP contribution >= 0.6 is 0 Å². The maximum Gasteiger partial charge on any atom is 0.149 e. The zero-order valence-electron chi connectivity index (χ0n) is 17.6. The standard InChI is InChI=1S/C25H34O3/c1-4-25(3,5-2)23-8-6-7-20(12-23)18-28-24-13-21(15-26)11-22(14-24)17-27-16-19-9-10-19/h6-8,11-13,15,19,24H,4-5,9-10,14,16-18H2,1-3H3. The summed E-state index contributed by atoms with van der Waals surface area (Å²) in [6.45, 7) is 8.82. The summed E-state index contributed by atoms with van der Waals surface area (Å²) in [5.74, 6) is 0.751. The minimum atomic E-state index is -0.0721. The molecule has 0 bridgehead atoms. The lowest BCUT2D eigenvalue weighted by atomic mass is 9.77. The van der Waals surface area contributed by atoms with Gasteiger partial charge in [-0.05, 0) is 59.8 Å². The summed E-state index contributed by atoms with van der Waals surface area (Å²) in [6, 6.07) is 8.75. The van der Waals surface area contributed by atoms with Crippen molar-refractivity contribution < 1.29 is 14.3 Å². The molecule has 0 N–H and O–H groups in total. The number of carbonyl (C=O) groups is 1. The molecule has 3 rings (SSSR count). The van der Waals surface area contributed by atoms with E-state index in [0.717, 1.165) is 43.6 Å². The molecule has 1 fully saturated rings. The van der Waals surface area contributed by atoms with Gasteiger partial charge in [0, 0.05) is 18.6 Å². The van der Waals surface area contributed by atoms with E-state index in [9.17, 15) is 4.79 Å². The lowest BCUT2D eigenvalue weighted by Gasteiger charge is -2.28. The first kappa shape index (κ1) is 21.0. The second-order valence-corrected chi connectivity index (χ2v) is 8.57. The summed E-state index contributed by atoms with van der Waals surface area (Å²) in [5.41, 5.74) is 4.61. The molecule has 3 nitrogen and oxygen atoms in total. The normalized spacial score (nSPS) is 19.9. The van der Waals surface area contributed by atoms with E-state index < -0.39 is 0 Å². The molecule has 2 aliphatic carbocycles. The average Bonchev–Trinajstić information content (AvgIpc) is 3.56. The van der Waals surface area contributed by atoms with Gasteiger partial charge in [-0.25, -0.2) is 0 Å². The summed E-state index contributed by atoms with van der Waals surface area (Å²) in [4.78, 5) is 11.3. The first-order valence-electron chi connectivity index (χ1n) is 10.7. The molecule has 0 radical (unpaired) electrons. The molecular formula is C25H34O3. The van der Waals surface area contributed by atoms with Crippen molar-refractivity contribution in [2.24, 2.45) is 5.92 Å². The lowest BCUT2D eigenvalue weighted by molar-refractivity contribution is -0.104. The third kappa shape index (κ3) is 5.65. The number of aldehydes is 1. The summed E-state index contributed by atoms with van der Waals surface area (Å²) < 4.78 is 12.0. The van der Waals surface area contributed by atoms with E-state index in [1.165, 1.54) is 24.0 Å². The predicted molar refractivity (Wildman–Crippen MR) is 113 cm³/mol. The second kappa shape index (κ2) is 9.67. The molecule has 1 atom stereocenters. The van der Waals surface area contributed by atoms with Gasteiger partial charge < -0.3 is 9.47 Å². The first-order chi connectivity index (χ1) is 13.6. The number of allylic oxidation sites excluding steroid dienone is 2. The zero-order chi connectivity index (χ0) is 20.0. The van der Waals surface area contributed by atoms with Crippen molar-refractivity contribution in [1.82, 2.24) is 0 Å². The summed E-state index contributed by atoms with van der Waals surface area (Å²) in [5, 5.41) is 0. The van der Waals surface area contributed by atoms with Gasteiger partial charge in [0.1, 0.15) is 6.29 Å². The highest BCUT2D eigenvalue weighted by molar-refractivity contribution is 5.78. The first-order valence-corrected chi connectivity index (χ1v) is 10.7. The second-order valence-electron chi connectivity index (χ2n) is 8.57. The van der Waals surface area contributed by atoms with E-state index in [1.807, 2.05) is 12.2 Å². The topological polar surface area (TPSA) is 35.5 Å². The molecule has 152 valence electrons. The third-order valence-electron chi connectivity index (χ3n) is 6.34. The monoisotopic (exact) mass is 382 g/mol. The highest BCUT2D eigenvalue weighted by Crippen LogP contribution is 2.32. The Morgan fingerprint density at radius 2 is 1.96 bits per heavy atom. The van der Waals surface area contributed by atoms with E-state index in [0.29, 0.717) is 18.8 Å². The Morgan fingerprint density at radius 3 is 2.64 bits per heavy atom. The van der Waals surface area contributed by atoms with E-state index >= 15 is 0 Å². The van der Waals surface area contributed by atoms with Crippen molar-refractivity contribution in [3.05, 3.63) is 58.7 Å². The largest absolute Gasteiger partial charge is 0.377 e. The third-order valence-corrected chi connectivity index (χ3v) is 6.34. The predicted octanol–water partition coefficient (Wildman–Crippen LogP) is 5.53. The maximum atomic E-state index is 11.3.